The van der Waals surface area contributed by atoms with Crippen LogP contribution < -0.4 is 14.8 Å². The van der Waals surface area contributed by atoms with Crippen molar-refractivity contribution in [2.75, 3.05) is 12.4 Å². The number of ether oxygens (including phenoxy) is 2. The van der Waals surface area contributed by atoms with Gasteiger partial charge in [-0.2, -0.15) is 4.39 Å². The summed E-state index contributed by atoms with van der Waals surface area (Å²) in [6, 6.07) is 8.82. The van der Waals surface area contributed by atoms with Crippen LogP contribution in [-0.2, 0) is 11.4 Å². The first-order chi connectivity index (χ1) is 11.4. The Labute approximate surface area is 137 Å². The Bertz CT molecular complexity index is 762. The summed E-state index contributed by atoms with van der Waals surface area (Å²) < 4.78 is 24.3. The average Bonchev–Trinajstić information content (AvgIpc) is 2.54. The van der Waals surface area contributed by atoms with Gasteiger partial charge in [-0.05, 0) is 17.7 Å². The normalized spacial score (nSPS) is 10.1. The number of nitro groups is 1. The van der Waals surface area contributed by atoms with Gasteiger partial charge in [0.15, 0.2) is 0 Å². The number of anilines is 1. The monoisotopic (exact) mass is 334 g/mol. The Morgan fingerprint density at radius 3 is 2.50 bits per heavy atom. The Kier molecular flexibility index (Phi) is 5.31. The van der Waals surface area contributed by atoms with E-state index in [0.717, 1.165) is 17.7 Å². The van der Waals surface area contributed by atoms with Crippen molar-refractivity contribution in [3.63, 3.8) is 0 Å². The molecule has 0 spiro atoms. The van der Waals surface area contributed by atoms with Crippen molar-refractivity contribution < 1.29 is 23.6 Å². The maximum absolute atomic E-state index is 13.8. The molecule has 0 fully saturated rings. The molecular weight excluding hydrogens is 319 g/mol. The number of nitrogens with one attached hydrogen (secondary N) is 1. The van der Waals surface area contributed by atoms with Gasteiger partial charge in [-0.15, -0.1) is 0 Å². The highest BCUT2D eigenvalue weighted by Crippen LogP contribution is 2.32. The van der Waals surface area contributed by atoms with Crippen LogP contribution in [0.2, 0.25) is 0 Å². The molecule has 8 heteroatoms. The van der Waals surface area contributed by atoms with E-state index in [1.807, 2.05) is 0 Å². The number of rotatable bonds is 6. The molecule has 2 rings (SSSR count). The largest absolute Gasteiger partial charge is 0.497 e. The van der Waals surface area contributed by atoms with Crippen LogP contribution in [0.1, 0.15) is 12.5 Å². The number of hydrogen-bond acceptors (Lipinski definition) is 5. The van der Waals surface area contributed by atoms with Crippen LogP contribution in [0.25, 0.3) is 0 Å². The van der Waals surface area contributed by atoms with Crippen LogP contribution >= 0.6 is 0 Å². The van der Waals surface area contributed by atoms with Gasteiger partial charge in [-0.25, -0.2) is 0 Å². The first kappa shape index (κ1) is 17.2. The van der Waals surface area contributed by atoms with Crippen molar-refractivity contribution in [3.05, 3.63) is 57.9 Å². The summed E-state index contributed by atoms with van der Waals surface area (Å²) in [6.45, 7) is 1.33. The van der Waals surface area contributed by atoms with E-state index in [-0.39, 0.29) is 18.0 Å². The van der Waals surface area contributed by atoms with Crippen molar-refractivity contribution in [3.8, 4) is 11.5 Å². The van der Waals surface area contributed by atoms with Gasteiger partial charge in [0.25, 0.3) is 0 Å². The van der Waals surface area contributed by atoms with E-state index < -0.39 is 22.3 Å². The molecular formula is C16H15FN2O5. The number of halogens is 1. The molecule has 1 amide bonds. The van der Waals surface area contributed by atoms with E-state index in [2.05, 4.69) is 5.32 Å². The fourth-order valence-electron chi connectivity index (χ4n) is 1.97. The van der Waals surface area contributed by atoms with Gasteiger partial charge in [-0.3, -0.25) is 14.9 Å². The molecule has 0 saturated heterocycles. The molecule has 0 aliphatic heterocycles. The first-order valence-corrected chi connectivity index (χ1v) is 6.92. The van der Waals surface area contributed by atoms with Gasteiger partial charge in [-0.1, -0.05) is 12.1 Å². The molecule has 0 bridgehead atoms. The number of hydrogen-bond donors (Lipinski definition) is 1. The van der Waals surface area contributed by atoms with Crippen molar-refractivity contribution in [1.82, 2.24) is 0 Å². The summed E-state index contributed by atoms with van der Waals surface area (Å²) in [5.41, 5.74) is 0.0722. The minimum absolute atomic E-state index is 0.00381. The molecule has 0 aromatic heterocycles. The predicted octanol–water partition coefficient (Wildman–Crippen LogP) is 3.28. The standard InChI is InChI=1S/C16H15FN2O5/c1-10(20)18-14-8-15(19(21)22)13(17)7-16(14)24-9-11-3-5-12(23-2)6-4-11/h3-8H,9H2,1-2H3,(H,18,20). The van der Waals surface area contributed by atoms with E-state index in [9.17, 15) is 19.3 Å². The van der Waals surface area contributed by atoms with Crippen molar-refractivity contribution in [1.29, 1.82) is 0 Å². The molecule has 0 aliphatic rings. The SMILES string of the molecule is COc1ccc(COc2cc(F)c([N+](=O)[O-])cc2NC(C)=O)cc1. The third kappa shape index (κ3) is 4.19. The van der Waals surface area contributed by atoms with Crippen LogP contribution in [-0.4, -0.2) is 17.9 Å². The van der Waals surface area contributed by atoms with E-state index in [0.29, 0.717) is 5.75 Å². The molecule has 2 aromatic rings. The van der Waals surface area contributed by atoms with E-state index in [4.69, 9.17) is 9.47 Å². The Hall–Kier alpha value is -3.16. The van der Waals surface area contributed by atoms with Gasteiger partial charge in [0.05, 0.1) is 17.7 Å². The first-order valence-electron chi connectivity index (χ1n) is 6.92. The lowest BCUT2D eigenvalue weighted by Crippen LogP contribution is -2.09. The van der Waals surface area contributed by atoms with Gasteiger partial charge >= 0.3 is 5.69 Å². The molecule has 2 aromatic carbocycles. The van der Waals surface area contributed by atoms with E-state index in [1.165, 1.54) is 6.92 Å². The third-order valence-electron chi connectivity index (χ3n) is 3.11. The van der Waals surface area contributed by atoms with Crippen LogP contribution in [0.4, 0.5) is 15.8 Å². The Morgan fingerprint density at radius 1 is 1.29 bits per heavy atom. The highest BCUT2D eigenvalue weighted by Gasteiger charge is 2.20. The van der Waals surface area contributed by atoms with Gasteiger partial charge in [0.2, 0.25) is 11.7 Å². The summed E-state index contributed by atoms with van der Waals surface area (Å²) in [5, 5.41) is 13.2. The van der Waals surface area contributed by atoms with Crippen molar-refractivity contribution in [2.45, 2.75) is 13.5 Å². The summed E-state index contributed by atoms with van der Waals surface area (Å²) in [7, 11) is 1.55. The molecule has 0 atom stereocenters. The lowest BCUT2D eigenvalue weighted by Gasteiger charge is -2.12. The van der Waals surface area contributed by atoms with Gasteiger partial charge in [0.1, 0.15) is 18.1 Å². The maximum Gasteiger partial charge on any atom is 0.307 e. The Morgan fingerprint density at radius 2 is 1.96 bits per heavy atom. The fraction of sp³-hybridized carbons (Fsp3) is 0.188. The second kappa shape index (κ2) is 7.40. The minimum atomic E-state index is -1.04. The highest BCUT2D eigenvalue weighted by atomic mass is 19.1. The zero-order valence-electron chi connectivity index (χ0n) is 13.0. The Balaban J connectivity index is 2.25. The molecule has 0 heterocycles. The molecule has 0 aliphatic carbocycles. The van der Waals surface area contributed by atoms with Crippen LogP contribution in [0.15, 0.2) is 36.4 Å². The lowest BCUT2D eigenvalue weighted by molar-refractivity contribution is -0.387. The predicted molar refractivity (Wildman–Crippen MR) is 84.7 cm³/mol. The molecule has 126 valence electrons. The van der Waals surface area contributed by atoms with E-state index >= 15 is 0 Å². The number of nitro benzene ring substituents is 1. The van der Waals surface area contributed by atoms with E-state index in [1.54, 1.807) is 31.4 Å². The molecule has 0 unspecified atom stereocenters. The zero-order valence-corrected chi connectivity index (χ0v) is 13.0. The average molecular weight is 334 g/mol. The van der Waals surface area contributed by atoms with Crippen LogP contribution in [0.3, 0.4) is 0 Å². The molecule has 0 radical (unpaired) electrons. The summed E-state index contributed by atoms with van der Waals surface area (Å²) in [6.07, 6.45) is 0. The summed E-state index contributed by atoms with van der Waals surface area (Å²) in [4.78, 5) is 21.2. The molecule has 7 nitrogen and oxygen atoms in total. The second-order valence-corrected chi connectivity index (χ2v) is 4.87. The quantitative estimate of drug-likeness (QED) is 0.646. The van der Waals surface area contributed by atoms with Crippen molar-refractivity contribution in [2.24, 2.45) is 0 Å². The smallest absolute Gasteiger partial charge is 0.307 e. The summed E-state index contributed by atoms with van der Waals surface area (Å²) >= 11 is 0. The number of carbonyl (C=O) groups is 1. The summed E-state index contributed by atoms with van der Waals surface area (Å²) in [5.74, 6) is -0.813. The molecule has 24 heavy (non-hydrogen) atoms. The highest BCUT2D eigenvalue weighted by molar-refractivity contribution is 5.90. The molecule has 0 saturated carbocycles. The molecule has 1 N–H and O–H groups in total. The fourth-order valence-corrected chi connectivity index (χ4v) is 1.97. The topological polar surface area (TPSA) is 90.7 Å². The van der Waals surface area contributed by atoms with Gasteiger partial charge < -0.3 is 14.8 Å². The lowest BCUT2D eigenvalue weighted by atomic mass is 10.2. The zero-order chi connectivity index (χ0) is 17.7. The van der Waals surface area contributed by atoms with Crippen molar-refractivity contribution >= 4 is 17.3 Å². The number of benzene rings is 2. The second-order valence-electron chi connectivity index (χ2n) is 4.87. The van der Waals surface area contributed by atoms with Gasteiger partial charge in [0, 0.05) is 19.1 Å². The van der Waals surface area contributed by atoms with Crippen LogP contribution in [0, 0.1) is 15.9 Å². The number of carbonyl (C=O) groups excluding carboxylic acids is 1. The number of nitrogens with zero attached hydrogens (tertiary/aromatic N) is 1. The van der Waals surface area contributed by atoms with Crippen LogP contribution in [0.5, 0.6) is 11.5 Å². The number of amides is 1. The maximum atomic E-state index is 13.8. The third-order valence-corrected chi connectivity index (χ3v) is 3.11. The minimum Gasteiger partial charge on any atom is -0.497 e. The number of methoxy groups -OCH3 is 1.